The molecular formula is C17H24N2O6S. The Balaban J connectivity index is 2.29. The normalized spacial score (nSPS) is 20.8. The number of amides is 1. The van der Waals surface area contributed by atoms with Crippen LogP contribution in [0.2, 0.25) is 0 Å². The third-order valence-electron chi connectivity index (χ3n) is 4.63. The number of hydrogen-bond acceptors (Lipinski definition) is 5. The number of nitrogens with one attached hydrogen (secondary N) is 2. The van der Waals surface area contributed by atoms with Crippen molar-refractivity contribution in [2.45, 2.75) is 43.0 Å². The Morgan fingerprint density at radius 2 is 1.88 bits per heavy atom. The molecule has 0 saturated heterocycles. The van der Waals surface area contributed by atoms with Crippen LogP contribution >= 0.6 is 0 Å². The minimum atomic E-state index is -3.81. The van der Waals surface area contributed by atoms with Gasteiger partial charge >= 0.3 is 5.97 Å². The predicted molar refractivity (Wildman–Crippen MR) is 94.7 cm³/mol. The Kier molecular flexibility index (Phi) is 6.60. The van der Waals surface area contributed by atoms with Crippen molar-refractivity contribution < 1.29 is 27.9 Å². The van der Waals surface area contributed by atoms with Gasteiger partial charge in [-0.05, 0) is 38.1 Å². The molecule has 1 saturated carbocycles. The molecule has 0 radical (unpaired) electrons. The van der Waals surface area contributed by atoms with E-state index >= 15 is 0 Å². The third-order valence-corrected chi connectivity index (χ3v) is 6.07. The lowest BCUT2D eigenvalue weighted by Crippen LogP contribution is -2.42. The number of benzene rings is 1. The Morgan fingerprint density at radius 1 is 1.19 bits per heavy atom. The molecule has 144 valence electrons. The predicted octanol–water partition coefficient (Wildman–Crippen LogP) is 1.37. The summed E-state index contributed by atoms with van der Waals surface area (Å²) >= 11 is 0. The van der Waals surface area contributed by atoms with Gasteiger partial charge in [-0.2, -0.15) is 0 Å². The molecule has 0 aliphatic heterocycles. The molecule has 26 heavy (non-hydrogen) atoms. The van der Waals surface area contributed by atoms with Crippen LogP contribution in [-0.2, 0) is 14.8 Å². The first kappa shape index (κ1) is 20.2. The quantitative estimate of drug-likeness (QED) is 0.637. The Bertz CT molecular complexity index is 777. The van der Waals surface area contributed by atoms with Gasteiger partial charge in [0.2, 0.25) is 10.0 Å². The van der Waals surface area contributed by atoms with E-state index in [2.05, 4.69) is 10.0 Å². The molecule has 8 nitrogen and oxygen atoms in total. The maximum Gasteiger partial charge on any atom is 0.308 e. The van der Waals surface area contributed by atoms with Crippen LogP contribution in [0.1, 0.15) is 42.5 Å². The summed E-state index contributed by atoms with van der Waals surface area (Å²) < 4.78 is 31.5. The molecule has 1 aliphatic rings. The number of carbonyl (C=O) groups is 2. The molecule has 1 aromatic rings. The Labute approximate surface area is 153 Å². The van der Waals surface area contributed by atoms with Gasteiger partial charge in [-0.15, -0.1) is 0 Å². The summed E-state index contributed by atoms with van der Waals surface area (Å²) in [6.07, 6.45) is 3.69. The number of sulfonamides is 1. The van der Waals surface area contributed by atoms with Crippen LogP contribution in [0.5, 0.6) is 5.75 Å². The van der Waals surface area contributed by atoms with Crippen LogP contribution in [0.15, 0.2) is 23.1 Å². The fourth-order valence-corrected chi connectivity index (χ4v) is 4.08. The second kappa shape index (κ2) is 8.50. The van der Waals surface area contributed by atoms with E-state index in [1.165, 1.54) is 32.4 Å². The zero-order valence-electron chi connectivity index (χ0n) is 14.8. The minimum Gasteiger partial charge on any atom is -0.495 e. The van der Waals surface area contributed by atoms with Crippen molar-refractivity contribution in [1.82, 2.24) is 10.0 Å². The van der Waals surface area contributed by atoms with E-state index in [4.69, 9.17) is 4.74 Å². The van der Waals surface area contributed by atoms with Crippen molar-refractivity contribution in [2.24, 2.45) is 5.92 Å². The third kappa shape index (κ3) is 4.53. The van der Waals surface area contributed by atoms with Gasteiger partial charge in [0.1, 0.15) is 10.6 Å². The summed E-state index contributed by atoms with van der Waals surface area (Å²) in [5.74, 6) is -1.95. The highest BCUT2D eigenvalue weighted by molar-refractivity contribution is 7.89. The second-order valence-corrected chi connectivity index (χ2v) is 8.09. The maximum atomic E-state index is 12.6. The summed E-state index contributed by atoms with van der Waals surface area (Å²) in [6.45, 7) is 0. The molecule has 3 N–H and O–H groups in total. The number of carboxylic acid groups (broad SMARTS) is 1. The van der Waals surface area contributed by atoms with Crippen molar-refractivity contribution in [3.63, 3.8) is 0 Å². The van der Waals surface area contributed by atoms with Crippen LogP contribution in [0.3, 0.4) is 0 Å². The molecule has 0 unspecified atom stereocenters. The Hall–Kier alpha value is -2.13. The van der Waals surface area contributed by atoms with E-state index in [1.807, 2.05) is 0 Å². The molecule has 9 heteroatoms. The average Bonchev–Trinajstić information content (AvgIpc) is 2.86. The molecule has 1 fully saturated rings. The fraction of sp³-hybridized carbons (Fsp3) is 0.529. The lowest BCUT2D eigenvalue weighted by molar-refractivity contribution is -0.142. The van der Waals surface area contributed by atoms with Gasteiger partial charge in [-0.1, -0.05) is 19.3 Å². The first-order valence-corrected chi connectivity index (χ1v) is 9.93. The largest absolute Gasteiger partial charge is 0.495 e. The van der Waals surface area contributed by atoms with E-state index in [-0.39, 0.29) is 16.2 Å². The summed E-state index contributed by atoms with van der Waals surface area (Å²) in [5, 5.41) is 12.2. The monoisotopic (exact) mass is 384 g/mol. The van der Waals surface area contributed by atoms with E-state index in [9.17, 15) is 23.1 Å². The first-order chi connectivity index (χ1) is 12.3. The molecule has 0 heterocycles. The zero-order chi connectivity index (χ0) is 19.3. The summed E-state index contributed by atoms with van der Waals surface area (Å²) in [4.78, 5) is 23.9. The average molecular weight is 384 g/mol. The van der Waals surface area contributed by atoms with Crippen molar-refractivity contribution >= 4 is 21.9 Å². The molecule has 0 bridgehead atoms. The van der Waals surface area contributed by atoms with Crippen molar-refractivity contribution in [2.75, 3.05) is 14.2 Å². The Morgan fingerprint density at radius 3 is 2.50 bits per heavy atom. The molecule has 2 rings (SSSR count). The van der Waals surface area contributed by atoms with E-state index in [1.54, 1.807) is 0 Å². The van der Waals surface area contributed by atoms with Crippen LogP contribution in [0.4, 0.5) is 0 Å². The van der Waals surface area contributed by atoms with E-state index in [0.717, 1.165) is 19.3 Å². The van der Waals surface area contributed by atoms with E-state index in [0.29, 0.717) is 12.8 Å². The highest BCUT2D eigenvalue weighted by atomic mass is 32.2. The van der Waals surface area contributed by atoms with Crippen molar-refractivity contribution in [1.29, 1.82) is 0 Å². The van der Waals surface area contributed by atoms with Crippen LogP contribution in [0.25, 0.3) is 0 Å². The van der Waals surface area contributed by atoms with Gasteiger partial charge < -0.3 is 15.2 Å². The van der Waals surface area contributed by atoms with Crippen LogP contribution in [0, 0.1) is 5.92 Å². The summed E-state index contributed by atoms with van der Waals surface area (Å²) in [7, 11) is -1.20. The van der Waals surface area contributed by atoms with Gasteiger partial charge in [-0.3, -0.25) is 9.59 Å². The molecular weight excluding hydrogens is 360 g/mol. The standard InChI is InChI=1S/C17H24N2O6S/c1-18-26(23,24)15-10-11(8-9-14(15)25-2)16(20)19-13-7-5-3-4-6-12(13)17(21)22/h8-10,12-13,18H,3-7H2,1-2H3,(H,19,20)(H,21,22)/t12-,13+/m1/s1. The number of carboxylic acids is 1. The van der Waals surface area contributed by atoms with Crippen molar-refractivity contribution in [3.8, 4) is 5.75 Å². The lowest BCUT2D eigenvalue weighted by atomic mass is 9.94. The highest BCUT2D eigenvalue weighted by Gasteiger charge is 2.31. The number of aliphatic carboxylic acids is 1. The second-order valence-electron chi connectivity index (χ2n) is 6.24. The molecule has 0 spiro atoms. The number of ether oxygens (including phenoxy) is 1. The van der Waals surface area contributed by atoms with Crippen molar-refractivity contribution in [3.05, 3.63) is 23.8 Å². The molecule has 1 amide bonds. The summed E-state index contributed by atoms with van der Waals surface area (Å²) in [6, 6.07) is 3.61. The van der Waals surface area contributed by atoms with Gasteiger partial charge in [0, 0.05) is 11.6 Å². The van der Waals surface area contributed by atoms with Gasteiger partial charge in [0.05, 0.1) is 13.0 Å². The molecule has 0 aromatic heterocycles. The van der Waals surface area contributed by atoms with Gasteiger partial charge in [0.15, 0.2) is 0 Å². The number of methoxy groups -OCH3 is 1. The number of carbonyl (C=O) groups excluding carboxylic acids is 1. The summed E-state index contributed by atoms with van der Waals surface area (Å²) in [5.41, 5.74) is 0.132. The lowest BCUT2D eigenvalue weighted by Gasteiger charge is -2.23. The smallest absolute Gasteiger partial charge is 0.308 e. The molecule has 1 aliphatic carbocycles. The number of rotatable bonds is 6. The maximum absolute atomic E-state index is 12.6. The van der Waals surface area contributed by atoms with Gasteiger partial charge in [0.25, 0.3) is 5.91 Å². The van der Waals surface area contributed by atoms with Crippen LogP contribution in [-0.4, -0.2) is 45.6 Å². The topological polar surface area (TPSA) is 122 Å². The van der Waals surface area contributed by atoms with Gasteiger partial charge in [-0.25, -0.2) is 13.1 Å². The number of hydrogen-bond donors (Lipinski definition) is 3. The SMILES string of the molecule is CNS(=O)(=O)c1cc(C(=O)N[C@H]2CCCCC[C@H]2C(=O)O)ccc1OC. The van der Waals surface area contributed by atoms with Crippen LogP contribution < -0.4 is 14.8 Å². The fourth-order valence-electron chi connectivity index (χ4n) is 3.17. The minimum absolute atomic E-state index is 0.119. The highest BCUT2D eigenvalue weighted by Crippen LogP contribution is 2.26. The molecule has 2 atom stereocenters. The first-order valence-electron chi connectivity index (χ1n) is 8.45. The molecule has 1 aromatic carbocycles. The van der Waals surface area contributed by atoms with E-state index < -0.39 is 33.9 Å². The zero-order valence-corrected chi connectivity index (χ0v) is 15.6.